The van der Waals surface area contributed by atoms with Crippen LogP contribution in [0.3, 0.4) is 0 Å². The molecule has 5 atom stereocenters. The van der Waals surface area contributed by atoms with Crippen molar-refractivity contribution in [3.63, 3.8) is 0 Å². The van der Waals surface area contributed by atoms with Gasteiger partial charge in [-0.05, 0) is 77.8 Å². The van der Waals surface area contributed by atoms with Crippen LogP contribution >= 0.6 is 0 Å². The van der Waals surface area contributed by atoms with Crippen molar-refractivity contribution in [1.29, 1.82) is 0 Å². The Morgan fingerprint density at radius 2 is 1.78 bits per heavy atom. The molecular weight excluding hydrogens is 678 g/mol. The molecule has 3 heterocycles. The van der Waals surface area contributed by atoms with E-state index in [1.54, 1.807) is 25.7 Å². The molecular formula is C36H51N5O9S. The summed E-state index contributed by atoms with van der Waals surface area (Å²) in [6, 6.07) is 5.63. The fraction of sp³-hybridized carbons (Fsp3) is 0.639. The van der Waals surface area contributed by atoms with Gasteiger partial charge >= 0.3 is 12.2 Å². The molecule has 0 aromatic heterocycles. The first-order valence-corrected chi connectivity index (χ1v) is 19.4. The molecule has 14 nitrogen and oxygen atoms in total. The van der Waals surface area contributed by atoms with E-state index in [0.29, 0.717) is 32.4 Å². The molecule has 15 heteroatoms. The standard InChI is InChI=1S/C36H51N5O9S/c1-23(2)51(47,48)39-32(44)36-20-26(36)15-9-7-6-8-10-16-28(37-33(45)50-35(3,4)5)31(43)41-22-27(19-29(41)30(42)38-36)49-34(46)40-18-17-24-13-11-12-14-25(24)21-40/h9,11-15,23,26-29H,6-8,10,16-22H2,1-5H3,(H,37,45)(H,38,42)(H,39,44)/t26-,27-,28+,29+,36-/m1/s1. The highest BCUT2D eigenvalue weighted by atomic mass is 32.2. The third-order valence-corrected chi connectivity index (χ3v) is 11.6. The minimum atomic E-state index is -4.01. The van der Waals surface area contributed by atoms with Gasteiger partial charge in [-0.2, -0.15) is 0 Å². The van der Waals surface area contributed by atoms with E-state index in [9.17, 15) is 32.4 Å². The minimum Gasteiger partial charge on any atom is -0.444 e. The minimum absolute atomic E-state index is 0.0601. The predicted octanol–water partition coefficient (Wildman–Crippen LogP) is 3.29. The monoisotopic (exact) mass is 729 g/mol. The zero-order valence-corrected chi connectivity index (χ0v) is 30.9. The molecule has 5 rings (SSSR count). The lowest BCUT2D eigenvalue weighted by Gasteiger charge is -2.30. The van der Waals surface area contributed by atoms with E-state index < -0.39 is 80.4 Å². The smallest absolute Gasteiger partial charge is 0.410 e. The quantitative estimate of drug-likeness (QED) is 0.384. The lowest BCUT2D eigenvalue weighted by Crippen LogP contribution is -2.58. The number of rotatable bonds is 5. The van der Waals surface area contributed by atoms with E-state index in [-0.39, 0.29) is 25.8 Å². The average molecular weight is 730 g/mol. The summed E-state index contributed by atoms with van der Waals surface area (Å²) in [5.74, 6) is -2.55. The molecule has 3 N–H and O–H groups in total. The van der Waals surface area contributed by atoms with Gasteiger partial charge in [0.2, 0.25) is 21.8 Å². The number of benzene rings is 1. The first-order valence-electron chi connectivity index (χ1n) is 17.9. The van der Waals surface area contributed by atoms with Gasteiger partial charge in [-0.15, -0.1) is 0 Å². The van der Waals surface area contributed by atoms with Crippen LogP contribution in [0.15, 0.2) is 36.4 Å². The van der Waals surface area contributed by atoms with Gasteiger partial charge in [0.25, 0.3) is 5.91 Å². The maximum Gasteiger partial charge on any atom is 0.410 e. The summed E-state index contributed by atoms with van der Waals surface area (Å²) in [7, 11) is -4.01. The third-order valence-electron chi connectivity index (χ3n) is 9.85. The Balaban J connectivity index is 1.41. The number of nitrogens with one attached hydrogen (secondary N) is 3. The summed E-state index contributed by atoms with van der Waals surface area (Å²) in [5.41, 5.74) is -0.190. The molecule has 1 saturated heterocycles. The second-order valence-electron chi connectivity index (χ2n) is 15.2. The van der Waals surface area contributed by atoms with Crippen LogP contribution in [0.25, 0.3) is 0 Å². The third kappa shape index (κ3) is 9.21. The summed E-state index contributed by atoms with van der Waals surface area (Å²) >= 11 is 0. The van der Waals surface area contributed by atoms with Gasteiger partial charge in [0, 0.05) is 25.4 Å². The highest BCUT2D eigenvalue weighted by Crippen LogP contribution is 2.46. The maximum absolute atomic E-state index is 14.3. The van der Waals surface area contributed by atoms with Gasteiger partial charge in [0.1, 0.15) is 29.3 Å². The SMILES string of the molecule is CC(C)S(=O)(=O)NC(=O)[C@@]12C[C@H]1C=CCCCCC[C@H](NC(=O)OC(C)(C)C)C(=O)N1C[C@H](OC(=O)N3CCc4ccccc4C3)C[C@H]1C(=O)N2. The number of carbonyl (C=O) groups is 5. The Bertz CT molecular complexity index is 1660. The molecule has 51 heavy (non-hydrogen) atoms. The Morgan fingerprint density at radius 1 is 1.06 bits per heavy atom. The molecule has 1 aromatic carbocycles. The van der Waals surface area contributed by atoms with Crippen molar-refractivity contribution in [1.82, 2.24) is 25.2 Å². The second-order valence-corrected chi connectivity index (χ2v) is 17.5. The van der Waals surface area contributed by atoms with Crippen LogP contribution < -0.4 is 15.4 Å². The number of sulfonamides is 1. The van der Waals surface area contributed by atoms with Crippen molar-refractivity contribution in [2.45, 2.75) is 127 Å². The van der Waals surface area contributed by atoms with Crippen LogP contribution in [0.4, 0.5) is 9.59 Å². The number of fused-ring (bicyclic) bond motifs is 3. The van der Waals surface area contributed by atoms with E-state index in [0.717, 1.165) is 24.0 Å². The van der Waals surface area contributed by atoms with Crippen LogP contribution in [0, 0.1) is 5.92 Å². The fourth-order valence-electron chi connectivity index (χ4n) is 6.82. The molecule has 2 fully saturated rings. The van der Waals surface area contributed by atoms with Gasteiger partial charge < -0.3 is 29.9 Å². The van der Waals surface area contributed by atoms with Crippen molar-refractivity contribution in [2.75, 3.05) is 13.1 Å². The van der Waals surface area contributed by atoms with Crippen molar-refractivity contribution in [2.24, 2.45) is 5.92 Å². The van der Waals surface area contributed by atoms with Crippen LogP contribution in [0.5, 0.6) is 0 Å². The normalized spacial score (nSPS) is 27.2. The zero-order chi connectivity index (χ0) is 37.1. The maximum atomic E-state index is 14.3. The number of nitrogens with zero attached hydrogens (tertiary/aromatic N) is 2. The van der Waals surface area contributed by atoms with Crippen molar-refractivity contribution in [3.8, 4) is 0 Å². The average Bonchev–Trinajstić information content (AvgIpc) is 3.58. The Labute approximate surface area is 300 Å². The first kappa shape index (κ1) is 38.1. The number of ether oxygens (including phenoxy) is 2. The summed E-state index contributed by atoms with van der Waals surface area (Å²) < 4.78 is 38.9. The predicted molar refractivity (Wildman–Crippen MR) is 188 cm³/mol. The molecule has 0 unspecified atom stereocenters. The van der Waals surface area contributed by atoms with Crippen molar-refractivity contribution < 1.29 is 41.9 Å². The molecule has 1 saturated carbocycles. The van der Waals surface area contributed by atoms with Crippen molar-refractivity contribution in [3.05, 3.63) is 47.5 Å². The van der Waals surface area contributed by atoms with Gasteiger partial charge in [-0.3, -0.25) is 19.1 Å². The fourth-order valence-corrected chi connectivity index (χ4v) is 7.50. The Kier molecular flexibility index (Phi) is 11.4. The highest BCUT2D eigenvalue weighted by molar-refractivity contribution is 7.90. The first-order chi connectivity index (χ1) is 24.0. The zero-order valence-electron chi connectivity index (χ0n) is 30.1. The Hall–Kier alpha value is -4.14. The summed E-state index contributed by atoms with van der Waals surface area (Å²) in [4.78, 5) is 71.3. The molecule has 4 aliphatic rings. The Morgan fingerprint density at radius 3 is 2.49 bits per heavy atom. The molecule has 0 radical (unpaired) electrons. The number of allylic oxidation sites excluding steroid dienone is 1. The largest absolute Gasteiger partial charge is 0.444 e. The molecule has 0 spiro atoms. The topological polar surface area (TPSA) is 181 Å². The van der Waals surface area contributed by atoms with Crippen molar-refractivity contribution >= 4 is 39.9 Å². The summed E-state index contributed by atoms with van der Waals surface area (Å²) in [6.45, 7) is 8.71. The number of alkyl carbamates (subject to hydrolysis) is 1. The van der Waals surface area contributed by atoms with Gasteiger partial charge in [0.15, 0.2) is 0 Å². The van der Waals surface area contributed by atoms with E-state index in [4.69, 9.17) is 9.47 Å². The molecule has 0 bridgehead atoms. The molecule has 3 aliphatic heterocycles. The number of hydrogen-bond donors (Lipinski definition) is 3. The summed E-state index contributed by atoms with van der Waals surface area (Å²) in [6.07, 6.45) is 5.38. The van der Waals surface area contributed by atoms with E-state index in [2.05, 4.69) is 15.4 Å². The van der Waals surface area contributed by atoms with Crippen LogP contribution in [-0.2, 0) is 46.8 Å². The highest BCUT2D eigenvalue weighted by Gasteiger charge is 2.61. The number of hydrogen-bond acceptors (Lipinski definition) is 9. The lowest BCUT2D eigenvalue weighted by molar-refractivity contribution is -0.141. The van der Waals surface area contributed by atoms with E-state index >= 15 is 0 Å². The molecule has 1 aromatic rings. The molecule has 5 amide bonds. The van der Waals surface area contributed by atoms with E-state index in [1.807, 2.05) is 36.4 Å². The lowest BCUT2D eigenvalue weighted by atomic mass is 10.0. The summed E-state index contributed by atoms with van der Waals surface area (Å²) in [5, 5.41) is 4.61. The van der Waals surface area contributed by atoms with Crippen LogP contribution in [0.1, 0.15) is 90.7 Å². The van der Waals surface area contributed by atoms with Gasteiger partial charge in [-0.1, -0.05) is 49.3 Å². The second kappa shape index (κ2) is 15.2. The van der Waals surface area contributed by atoms with Crippen LogP contribution in [-0.4, -0.2) is 95.8 Å². The van der Waals surface area contributed by atoms with E-state index in [1.165, 1.54) is 18.7 Å². The van der Waals surface area contributed by atoms with Gasteiger partial charge in [-0.25, -0.2) is 18.0 Å². The molecule has 1 aliphatic carbocycles. The number of amides is 5. The van der Waals surface area contributed by atoms with Crippen LogP contribution in [0.2, 0.25) is 0 Å². The van der Waals surface area contributed by atoms with Gasteiger partial charge in [0.05, 0.1) is 11.8 Å². The molecule has 280 valence electrons. The number of carbonyl (C=O) groups excluding carboxylic acids is 5.